The second-order valence-corrected chi connectivity index (χ2v) is 4.30. The van der Waals surface area contributed by atoms with Crippen LogP contribution in [-0.4, -0.2) is 47.3 Å². The standard InChI is InChI=1S/C11H13ClN4O4/c1-13-9(17)3-4-15(2)11(18)8-5-7(16(19)20)6-14-10(8)12/h5-6H,3-4H2,1-2H3,(H,13,17). The van der Waals surface area contributed by atoms with Crippen molar-refractivity contribution < 1.29 is 14.5 Å². The number of halogens is 1. The average molecular weight is 301 g/mol. The normalized spacial score (nSPS) is 9.95. The third-order valence-electron chi connectivity index (χ3n) is 2.57. The number of pyridine rings is 1. The Balaban J connectivity index is 2.88. The summed E-state index contributed by atoms with van der Waals surface area (Å²) in [4.78, 5) is 38.1. The molecule has 0 fully saturated rings. The quantitative estimate of drug-likeness (QED) is 0.493. The van der Waals surface area contributed by atoms with Gasteiger partial charge in [-0.1, -0.05) is 11.6 Å². The van der Waals surface area contributed by atoms with Crippen LogP contribution < -0.4 is 5.32 Å². The number of hydrogen-bond acceptors (Lipinski definition) is 5. The molecule has 1 N–H and O–H groups in total. The Morgan fingerprint density at radius 1 is 1.55 bits per heavy atom. The maximum atomic E-state index is 12.1. The molecule has 108 valence electrons. The van der Waals surface area contributed by atoms with Crippen LogP contribution in [0, 0.1) is 10.1 Å². The molecule has 0 aliphatic heterocycles. The van der Waals surface area contributed by atoms with Gasteiger partial charge in [0.05, 0.1) is 10.5 Å². The Labute approximate surface area is 119 Å². The predicted octanol–water partition coefficient (Wildman–Crippen LogP) is 0.851. The van der Waals surface area contributed by atoms with Crippen LogP contribution in [0.2, 0.25) is 5.15 Å². The third-order valence-corrected chi connectivity index (χ3v) is 2.87. The first-order valence-corrected chi connectivity index (χ1v) is 6.00. The highest BCUT2D eigenvalue weighted by atomic mass is 35.5. The molecule has 0 spiro atoms. The minimum atomic E-state index is -0.662. The van der Waals surface area contributed by atoms with E-state index < -0.39 is 10.8 Å². The smallest absolute Gasteiger partial charge is 0.288 e. The van der Waals surface area contributed by atoms with Gasteiger partial charge in [-0.2, -0.15) is 0 Å². The van der Waals surface area contributed by atoms with Crippen LogP contribution in [0.4, 0.5) is 5.69 Å². The lowest BCUT2D eigenvalue weighted by Gasteiger charge is -2.16. The van der Waals surface area contributed by atoms with Crippen molar-refractivity contribution in [2.75, 3.05) is 20.6 Å². The van der Waals surface area contributed by atoms with Gasteiger partial charge in [0.25, 0.3) is 11.6 Å². The number of rotatable bonds is 5. The molecule has 0 aliphatic carbocycles. The molecule has 0 saturated heterocycles. The van der Waals surface area contributed by atoms with Crippen molar-refractivity contribution in [2.45, 2.75) is 6.42 Å². The summed E-state index contributed by atoms with van der Waals surface area (Å²) in [5.74, 6) is -0.747. The lowest BCUT2D eigenvalue weighted by atomic mass is 10.2. The number of amides is 2. The van der Waals surface area contributed by atoms with Gasteiger partial charge in [0.15, 0.2) is 0 Å². The molecule has 1 aromatic rings. The van der Waals surface area contributed by atoms with Crippen LogP contribution in [0.5, 0.6) is 0 Å². The maximum Gasteiger partial charge on any atom is 0.288 e. The number of carbonyl (C=O) groups excluding carboxylic acids is 2. The number of aromatic nitrogens is 1. The molecule has 0 bridgehead atoms. The van der Waals surface area contributed by atoms with E-state index in [2.05, 4.69) is 10.3 Å². The van der Waals surface area contributed by atoms with Crippen molar-refractivity contribution in [1.82, 2.24) is 15.2 Å². The summed E-state index contributed by atoms with van der Waals surface area (Å²) < 4.78 is 0. The molecule has 1 aromatic heterocycles. The van der Waals surface area contributed by atoms with Gasteiger partial charge in [0.2, 0.25) is 5.91 Å². The van der Waals surface area contributed by atoms with E-state index in [-0.39, 0.29) is 35.3 Å². The first kappa shape index (κ1) is 15.8. The van der Waals surface area contributed by atoms with Crippen LogP contribution in [-0.2, 0) is 4.79 Å². The molecule has 0 aromatic carbocycles. The SMILES string of the molecule is CNC(=O)CCN(C)C(=O)c1cc([N+](=O)[O-])cnc1Cl. The van der Waals surface area contributed by atoms with Crippen LogP contribution in [0.15, 0.2) is 12.3 Å². The molecule has 0 radical (unpaired) electrons. The van der Waals surface area contributed by atoms with E-state index in [0.29, 0.717) is 0 Å². The molecule has 2 amide bonds. The Morgan fingerprint density at radius 2 is 2.20 bits per heavy atom. The van der Waals surface area contributed by atoms with Crippen molar-refractivity contribution in [2.24, 2.45) is 0 Å². The summed E-state index contributed by atoms with van der Waals surface area (Å²) in [7, 11) is 2.96. The fourth-order valence-electron chi connectivity index (χ4n) is 1.39. The Bertz CT molecular complexity index is 549. The van der Waals surface area contributed by atoms with Gasteiger partial charge in [-0.25, -0.2) is 4.98 Å². The number of hydrogen-bond donors (Lipinski definition) is 1. The van der Waals surface area contributed by atoms with Crippen LogP contribution >= 0.6 is 11.6 Å². The average Bonchev–Trinajstić information content (AvgIpc) is 2.43. The van der Waals surface area contributed by atoms with E-state index in [1.165, 1.54) is 19.0 Å². The van der Waals surface area contributed by atoms with Gasteiger partial charge in [0.1, 0.15) is 11.3 Å². The van der Waals surface area contributed by atoms with Crippen LogP contribution in [0.25, 0.3) is 0 Å². The van der Waals surface area contributed by atoms with Gasteiger partial charge < -0.3 is 10.2 Å². The van der Waals surface area contributed by atoms with E-state index in [9.17, 15) is 19.7 Å². The fourth-order valence-corrected chi connectivity index (χ4v) is 1.57. The monoisotopic (exact) mass is 300 g/mol. The number of nitrogens with zero attached hydrogens (tertiary/aromatic N) is 3. The van der Waals surface area contributed by atoms with Gasteiger partial charge in [-0.15, -0.1) is 0 Å². The van der Waals surface area contributed by atoms with E-state index in [4.69, 9.17) is 11.6 Å². The highest BCUT2D eigenvalue weighted by Gasteiger charge is 2.20. The van der Waals surface area contributed by atoms with Gasteiger partial charge in [-0.3, -0.25) is 19.7 Å². The fraction of sp³-hybridized carbons (Fsp3) is 0.364. The molecule has 0 aliphatic rings. The first-order valence-electron chi connectivity index (χ1n) is 5.62. The highest BCUT2D eigenvalue weighted by molar-refractivity contribution is 6.32. The number of nitrogens with one attached hydrogen (secondary N) is 1. The summed E-state index contributed by atoms with van der Waals surface area (Å²) in [5.41, 5.74) is -0.391. The zero-order chi connectivity index (χ0) is 15.3. The largest absolute Gasteiger partial charge is 0.359 e. The van der Waals surface area contributed by atoms with Gasteiger partial charge in [0, 0.05) is 33.1 Å². The van der Waals surface area contributed by atoms with E-state index in [1.807, 2.05) is 0 Å². The van der Waals surface area contributed by atoms with E-state index in [1.54, 1.807) is 0 Å². The Hall–Kier alpha value is -2.22. The molecule has 9 heteroatoms. The zero-order valence-corrected chi connectivity index (χ0v) is 11.7. The van der Waals surface area contributed by atoms with Crippen molar-refractivity contribution in [3.63, 3.8) is 0 Å². The third kappa shape index (κ3) is 3.89. The predicted molar refractivity (Wildman–Crippen MR) is 71.5 cm³/mol. The molecule has 0 unspecified atom stereocenters. The van der Waals surface area contributed by atoms with Gasteiger partial charge in [-0.05, 0) is 0 Å². The molecular weight excluding hydrogens is 288 g/mol. The maximum absolute atomic E-state index is 12.1. The molecule has 8 nitrogen and oxygen atoms in total. The Kier molecular flexibility index (Phi) is 5.39. The summed E-state index contributed by atoms with van der Waals surface area (Å²) in [6.07, 6.45) is 1.10. The lowest BCUT2D eigenvalue weighted by Crippen LogP contribution is -2.31. The van der Waals surface area contributed by atoms with Crippen molar-refractivity contribution in [1.29, 1.82) is 0 Å². The molecular formula is C11H13ClN4O4. The second kappa shape index (κ2) is 6.80. The lowest BCUT2D eigenvalue weighted by molar-refractivity contribution is -0.385. The Morgan fingerprint density at radius 3 is 2.75 bits per heavy atom. The summed E-state index contributed by atoms with van der Waals surface area (Å²) in [5, 5.41) is 13.0. The van der Waals surface area contributed by atoms with Crippen molar-refractivity contribution >= 4 is 29.1 Å². The number of nitro groups is 1. The minimum absolute atomic E-state index is 0.0692. The van der Waals surface area contributed by atoms with Crippen molar-refractivity contribution in [3.05, 3.63) is 33.1 Å². The van der Waals surface area contributed by atoms with Crippen LogP contribution in [0.3, 0.4) is 0 Å². The summed E-state index contributed by atoms with van der Waals surface area (Å²) >= 11 is 5.77. The van der Waals surface area contributed by atoms with E-state index in [0.717, 1.165) is 12.3 Å². The molecule has 1 rings (SSSR count). The molecule has 0 saturated carbocycles. The highest BCUT2D eigenvalue weighted by Crippen LogP contribution is 2.20. The zero-order valence-electron chi connectivity index (χ0n) is 10.9. The second-order valence-electron chi connectivity index (χ2n) is 3.94. The topological polar surface area (TPSA) is 105 Å². The van der Waals surface area contributed by atoms with Crippen molar-refractivity contribution in [3.8, 4) is 0 Å². The van der Waals surface area contributed by atoms with Crippen LogP contribution in [0.1, 0.15) is 16.8 Å². The van der Waals surface area contributed by atoms with E-state index >= 15 is 0 Å². The molecule has 20 heavy (non-hydrogen) atoms. The summed E-state index contributed by atoms with van der Waals surface area (Å²) in [6, 6.07) is 1.06. The first-order chi connectivity index (χ1) is 9.36. The minimum Gasteiger partial charge on any atom is -0.359 e. The number of carbonyl (C=O) groups is 2. The summed E-state index contributed by atoms with van der Waals surface area (Å²) in [6.45, 7) is 0.164. The van der Waals surface area contributed by atoms with Gasteiger partial charge >= 0.3 is 0 Å². The molecule has 0 atom stereocenters. The molecule has 1 heterocycles.